The molecular formula is C19H16Cl2N4OS2. The van der Waals surface area contributed by atoms with Gasteiger partial charge in [0.15, 0.2) is 5.13 Å². The fourth-order valence-corrected chi connectivity index (χ4v) is 5.22. The number of thiazole rings is 1. The first-order valence-electron chi connectivity index (χ1n) is 8.61. The van der Waals surface area contributed by atoms with E-state index in [1.54, 1.807) is 29.6 Å². The molecule has 0 unspecified atom stereocenters. The zero-order chi connectivity index (χ0) is 19.7. The molecule has 0 fully saturated rings. The Morgan fingerprint density at radius 3 is 2.75 bits per heavy atom. The fraction of sp³-hybridized carbons (Fsp3) is 0.211. The maximum Gasteiger partial charge on any atom is 0.270 e. The number of benzene rings is 1. The number of hydrogen-bond donors (Lipinski definition) is 0. The van der Waals surface area contributed by atoms with Crippen molar-refractivity contribution < 1.29 is 4.79 Å². The van der Waals surface area contributed by atoms with E-state index in [1.165, 1.54) is 22.7 Å². The van der Waals surface area contributed by atoms with Crippen LogP contribution in [0.4, 0.5) is 5.13 Å². The topological polar surface area (TPSA) is 51.0 Å². The molecule has 4 aromatic rings. The minimum Gasteiger partial charge on any atom is -0.337 e. The lowest BCUT2D eigenvalue weighted by molar-refractivity contribution is 0.0990. The van der Waals surface area contributed by atoms with Crippen LogP contribution in [-0.2, 0) is 6.54 Å². The minimum absolute atomic E-state index is 0.102. The summed E-state index contributed by atoms with van der Waals surface area (Å²) in [4.78, 5) is 24.3. The molecule has 0 saturated carbocycles. The molecular weight excluding hydrogens is 435 g/mol. The molecule has 3 aromatic heterocycles. The van der Waals surface area contributed by atoms with Crippen molar-refractivity contribution in [3.8, 4) is 0 Å². The highest BCUT2D eigenvalue weighted by atomic mass is 35.5. The number of fused-ring (bicyclic) bond motifs is 1. The number of amides is 1. The first-order valence-corrected chi connectivity index (χ1v) is 11.0. The van der Waals surface area contributed by atoms with Gasteiger partial charge in [-0.3, -0.25) is 9.69 Å². The highest BCUT2D eigenvalue weighted by Crippen LogP contribution is 2.36. The number of carbonyl (C=O) groups is 1. The lowest BCUT2D eigenvalue weighted by atomic mass is 10.2. The molecule has 0 aliphatic rings. The number of halogens is 2. The molecule has 1 aromatic carbocycles. The summed E-state index contributed by atoms with van der Waals surface area (Å²) in [5.41, 5.74) is 1.87. The molecule has 3 heterocycles. The van der Waals surface area contributed by atoms with Crippen molar-refractivity contribution in [1.29, 1.82) is 0 Å². The molecule has 0 atom stereocenters. The molecule has 0 aliphatic carbocycles. The van der Waals surface area contributed by atoms with E-state index < -0.39 is 0 Å². The van der Waals surface area contributed by atoms with Crippen molar-refractivity contribution >= 4 is 67.1 Å². The van der Waals surface area contributed by atoms with Crippen molar-refractivity contribution in [2.24, 2.45) is 0 Å². The number of hydrogen-bond acceptors (Lipinski definition) is 5. The van der Waals surface area contributed by atoms with Crippen molar-refractivity contribution in [2.75, 3.05) is 11.4 Å². The van der Waals surface area contributed by atoms with Gasteiger partial charge in [-0.05, 0) is 37.1 Å². The van der Waals surface area contributed by atoms with Gasteiger partial charge in [0.25, 0.3) is 5.91 Å². The second-order valence-electron chi connectivity index (χ2n) is 6.25. The maximum absolute atomic E-state index is 13.2. The number of anilines is 1. The van der Waals surface area contributed by atoms with Gasteiger partial charge < -0.3 is 4.57 Å². The average Bonchev–Trinajstić information content (AvgIpc) is 3.42. The Balaban J connectivity index is 1.66. The first-order chi connectivity index (χ1) is 13.5. The largest absolute Gasteiger partial charge is 0.337 e. The van der Waals surface area contributed by atoms with E-state index in [0.29, 0.717) is 25.9 Å². The molecule has 0 bridgehead atoms. The van der Waals surface area contributed by atoms with Crippen LogP contribution in [0.2, 0.25) is 9.36 Å². The number of aryl methyl sites for hydroxylation is 2. The van der Waals surface area contributed by atoms with E-state index in [1.807, 2.05) is 29.8 Å². The lowest BCUT2D eigenvalue weighted by Crippen LogP contribution is -2.31. The van der Waals surface area contributed by atoms with Crippen LogP contribution in [-0.4, -0.2) is 27.0 Å². The number of imidazole rings is 1. The summed E-state index contributed by atoms with van der Waals surface area (Å²) in [6.45, 7) is 3.29. The summed E-state index contributed by atoms with van der Waals surface area (Å²) >= 11 is 15.1. The van der Waals surface area contributed by atoms with E-state index in [-0.39, 0.29) is 5.91 Å². The third-order valence-corrected chi connectivity index (χ3v) is 7.06. The Hall–Kier alpha value is -1.93. The molecule has 28 heavy (non-hydrogen) atoms. The molecule has 4 rings (SSSR count). The van der Waals surface area contributed by atoms with Gasteiger partial charge >= 0.3 is 0 Å². The second kappa shape index (κ2) is 8.21. The molecule has 0 aliphatic heterocycles. The highest BCUT2D eigenvalue weighted by Gasteiger charge is 2.23. The summed E-state index contributed by atoms with van der Waals surface area (Å²) in [5, 5.41) is 1.29. The smallest absolute Gasteiger partial charge is 0.270 e. The monoisotopic (exact) mass is 450 g/mol. The molecule has 1 amide bonds. The van der Waals surface area contributed by atoms with Crippen LogP contribution >= 0.6 is 45.9 Å². The molecule has 0 radical (unpaired) electrons. The summed E-state index contributed by atoms with van der Waals surface area (Å²) in [5.74, 6) is -0.102. The van der Waals surface area contributed by atoms with Crippen molar-refractivity contribution in [2.45, 2.75) is 19.9 Å². The number of nitrogens with zero attached hydrogens (tertiary/aromatic N) is 4. The van der Waals surface area contributed by atoms with Gasteiger partial charge in [0.1, 0.15) is 0 Å². The number of rotatable bonds is 6. The molecule has 9 heteroatoms. The highest BCUT2D eigenvalue weighted by molar-refractivity contribution is 7.23. The van der Waals surface area contributed by atoms with Crippen LogP contribution < -0.4 is 4.90 Å². The van der Waals surface area contributed by atoms with Crippen LogP contribution in [0.5, 0.6) is 0 Å². The van der Waals surface area contributed by atoms with Crippen LogP contribution in [0.3, 0.4) is 0 Å². The predicted molar refractivity (Wildman–Crippen MR) is 117 cm³/mol. The zero-order valence-electron chi connectivity index (χ0n) is 14.9. The van der Waals surface area contributed by atoms with Crippen LogP contribution in [0.25, 0.3) is 10.2 Å². The molecule has 0 spiro atoms. The Bertz CT molecular complexity index is 1080. The van der Waals surface area contributed by atoms with Gasteiger partial charge in [-0.15, -0.1) is 11.3 Å². The molecule has 144 valence electrons. The second-order valence-corrected chi connectivity index (χ2v) is 9.35. The van der Waals surface area contributed by atoms with E-state index >= 15 is 0 Å². The number of thiophene rings is 1. The maximum atomic E-state index is 13.2. The SMILES string of the molecule is Cc1ccc(Cl)c2sc(N(CCCn3ccnc3)C(=O)c3ccc(Cl)s3)nc12. The van der Waals surface area contributed by atoms with Gasteiger partial charge in [0.05, 0.1) is 30.8 Å². The van der Waals surface area contributed by atoms with Crippen molar-refractivity contribution in [1.82, 2.24) is 14.5 Å². The lowest BCUT2D eigenvalue weighted by Gasteiger charge is -2.19. The van der Waals surface area contributed by atoms with Gasteiger partial charge in [-0.2, -0.15) is 0 Å². The van der Waals surface area contributed by atoms with E-state index in [2.05, 4.69) is 4.98 Å². The van der Waals surface area contributed by atoms with Gasteiger partial charge in [-0.25, -0.2) is 9.97 Å². The summed E-state index contributed by atoms with van der Waals surface area (Å²) in [7, 11) is 0. The number of aromatic nitrogens is 3. The van der Waals surface area contributed by atoms with Crippen molar-refractivity contribution in [3.63, 3.8) is 0 Å². The van der Waals surface area contributed by atoms with Gasteiger partial charge in [0, 0.05) is 25.5 Å². The third kappa shape index (κ3) is 3.93. The van der Waals surface area contributed by atoms with Crippen LogP contribution in [0, 0.1) is 6.92 Å². The molecule has 0 saturated heterocycles. The van der Waals surface area contributed by atoms with Crippen LogP contribution in [0.1, 0.15) is 21.7 Å². The Kier molecular flexibility index (Phi) is 5.68. The van der Waals surface area contributed by atoms with Gasteiger partial charge in [-0.1, -0.05) is 40.6 Å². The standard InChI is InChI=1S/C19H16Cl2N4OS2/c1-12-3-4-13(20)17-16(12)23-19(28-17)25(9-2-8-24-10-7-22-11-24)18(26)14-5-6-15(21)27-14/h3-7,10-11H,2,8-9H2,1H3. The first kappa shape index (κ1) is 19.4. The molecule has 0 N–H and O–H groups in total. The quantitative estimate of drug-likeness (QED) is 0.366. The summed E-state index contributed by atoms with van der Waals surface area (Å²) in [6.07, 6.45) is 6.19. The van der Waals surface area contributed by atoms with Crippen LogP contribution in [0.15, 0.2) is 43.0 Å². The van der Waals surface area contributed by atoms with Gasteiger partial charge in [0.2, 0.25) is 0 Å². The average molecular weight is 451 g/mol. The number of carbonyl (C=O) groups excluding carboxylic acids is 1. The summed E-state index contributed by atoms with van der Waals surface area (Å²) in [6, 6.07) is 7.30. The third-order valence-electron chi connectivity index (χ3n) is 4.30. The minimum atomic E-state index is -0.102. The predicted octanol–water partition coefficient (Wildman–Crippen LogP) is 5.91. The zero-order valence-corrected chi connectivity index (χ0v) is 18.1. The van der Waals surface area contributed by atoms with E-state index in [4.69, 9.17) is 28.2 Å². The molecule has 5 nitrogen and oxygen atoms in total. The normalized spacial score (nSPS) is 11.2. The summed E-state index contributed by atoms with van der Waals surface area (Å²) < 4.78 is 3.47. The van der Waals surface area contributed by atoms with Crippen molar-refractivity contribution in [3.05, 3.63) is 62.8 Å². The van der Waals surface area contributed by atoms with E-state index in [0.717, 1.165) is 28.7 Å². The Morgan fingerprint density at radius 1 is 1.21 bits per heavy atom. The van der Waals surface area contributed by atoms with E-state index in [9.17, 15) is 4.79 Å². The fourth-order valence-electron chi connectivity index (χ4n) is 2.88. The Morgan fingerprint density at radius 2 is 2.07 bits per heavy atom. The Labute approximate surface area is 180 Å².